The van der Waals surface area contributed by atoms with Gasteiger partial charge in [0, 0.05) is 30.0 Å². The van der Waals surface area contributed by atoms with Crippen molar-refractivity contribution < 1.29 is 14.3 Å². The summed E-state index contributed by atoms with van der Waals surface area (Å²) in [6, 6.07) is 18.0. The van der Waals surface area contributed by atoms with E-state index in [4.69, 9.17) is 10.5 Å². The van der Waals surface area contributed by atoms with Gasteiger partial charge in [0.05, 0.1) is 12.7 Å². The highest BCUT2D eigenvalue weighted by atomic mass is 16.5. The van der Waals surface area contributed by atoms with E-state index in [2.05, 4.69) is 20.6 Å². The van der Waals surface area contributed by atoms with Crippen LogP contribution in [-0.2, 0) is 6.54 Å². The molecule has 2 aromatic heterocycles. The largest absolute Gasteiger partial charge is 0.497 e. The summed E-state index contributed by atoms with van der Waals surface area (Å²) in [6.07, 6.45) is 3.22. The van der Waals surface area contributed by atoms with Gasteiger partial charge in [0.2, 0.25) is 0 Å². The molecule has 0 aliphatic carbocycles. The maximum atomic E-state index is 12.9. The van der Waals surface area contributed by atoms with Crippen molar-refractivity contribution in [3.63, 3.8) is 0 Å². The van der Waals surface area contributed by atoms with E-state index in [1.54, 1.807) is 37.6 Å². The lowest BCUT2D eigenvalue weighted by molar-refractivity contribution is 0.0993. The normalized spacial score (nSPS) is 10.5. The molecule has 2 aromatic carbocycles. The number of pyridine rings is 2. The number of nitrogens with one attached hydrogen (secondary N) is 2. The van der Waals surface area contributed by atoms with Gasteiger partial charge in [0.15, 0.2) is 0 Å². The van der Waals surface area contributed by atoms with Crippen molar-refractivity contribution in [2.75, 3.05) is 17.7 Å². The second-order valence-electron chi connectivity index (χ2n) is 7.05. The third-order valence-electron chi connectivity index (χ3n) is 4.90. The standard InChI is InChI=1S/C24H21N5O3/c1-32-18-7-6-16-12-22(28-14-17(16)11-18)29-24(31)19-4-2-3-5-20(19)27-13-15-8-9-26-21(10-15)23(25)30/h2-12,14,27H,13H2,1H3,(H2,25,30)(H,28,29,31). The number of nitrogens with two attached hydrogens (primary N) is 1. The SMILES string of the molecule is COc1ccc2cc(NC(=O)c3ccccc3NCc3ccnc(C(N)=O)c3)ncc2c1. The Kier molecular flexibility index (Phi) is 5.94. The molecule has 0 saturated carbocycles. The quantitative estimate of drug-likeness (QED) is 0.415. The number of primary amides is 1. The van der Waals surface area contributed by atoms with Gasteiger partial charge in [-0.25, -0.2) is 4.98 Å². The lowest BCUT2D eigenvalue weighted by Crippen LogP contribution is -2.16. The van der Waals surface area contributed by atoms with Crippen molar-refractivity contribution in [1.82, 2.24) is 9.97 Å². The van der Waals surface area contributed by atoms with Crippen molar-refractivity contribution in [1.29, 1.82) is 0 Å². The van der Waals surface area contributed by atoms with Gasteiger partial charge < -0.3 is 21.1 Å². The van der Waals surface area contributed by atoms with Crippen molar-refractivity contribution >= 4 is 34.1 Å². The molecule has 2 heterocycles. The number of methoxy groups -OCH3 is 1. The molecule has 8 heteroatoms. The second-order valence-corrected chi connectivity index (χ2v) is 7.05. The zero-order valence-corrected chi connectivity index (χ0v) is 17.3. The maximum Gasteiger partial charge on any atom is 0.267 e. The predicted molar refractivity (Wildman–Crippen MR) is 123 cm³/mol. The van der Waals surface area contributed by atoms with Gasteiger partial charge >= 0.3 is 0 Å². The summed E-state index contributed by atoms with van der Waals surface area (Å²) in [5.74, 6) is 0.310. The molecule has 0 bridgehead atoms. The third kappa shape index (κ3) is 4.65. The number of hydrogen-bond acceptors (Lipinski definition) is 6. The number of hydrogen-bond donors (Lipinski definition) is 3. The van der Waals surface area contributed by atoms with Gasteiger partial charge in [0.1, 0.15) is 17.3 Å². The molecule has 0 atom stereocenters. The fraction of sp³-hybridized carbons (Fsp3) is 0.0833. The fourth-order valence-electron chi connectivity index (χ4n) is 3.25. The summed E-state index contributed by atoms with van der Waals surface area (Å²) < 4.78 is 5.23. The molecule has 0 radical (unpaired) electrons. The first-order chi connectivity index (χ1) is 15.5. The number of anilines is 2. The van der Waals surface area contributed by atoms with Gasteiger partial charge in [-0.3, -0.25) is 14.6 Å². The first-order valence-corrected chi connectivity index (χ1v) is 9.86. The molecule has 0 unspecified atom stereocenters. The molecule has 4 rings (SSSR count). The van der Waals surface area contributed by atoms with Crippen LogP contribution in [0.4, 0.5) is 11.5 Å². The summed E-state index contributed by atoms with van der Waals surface area (Å²) in [4.78, 5) is 32.6. The smallest absolute Gasteiger partial charge is 0.267 e. The number of carbonyl (C=O) groups is 2. The van der Waals surface area contributed by atoms with Gasteiger partial charge in [-0.05, 0) is 53.4 Å². The molecule has 8 nitrogen and oxygen atoms in total. The lowest BCUT2D eigenvalue weighted by atomic mass is 10.1. The van der Waals surface area contributed by atoms with Gasteiger partial charge in [-0.1, -0.05) is 18.2 Å². The first-order valence-electron chi connectivity index (χ1n) is 9.86. The van der Waals surface area contributed by atoms with E-state index in [0.29, 0.717) is 23.6 Å². The van der Waals surface area contributed by atoms with Crippen molar-refractivity contribution in [2.45, 2.75) is 6.54 Å². The van der Waals surface area contributed by atoms with E-state index in [0.717, 1.165) is 22.1 Å². The van der Waals surface area contributed by atoms with Crippen LogP contribution in [0.5, 0.6) is 5.75 Å². The Morgan fingerprint density at radius 2 is 1.84 bits per heavy atom. The number of amides is 2. The third-order valence-corrected chi connectivity index (χ3v) is 4.90. The summed E-state index contributed by atoms with van der Waals surface area (Å²) in [5, 5.41) is 7.93. The molecule has 4 N–H and O–H groups in total. The topological polar surface area (TPSA) is 119 Å². The Balaban J connectivity index is 1.50. The van der Waals surface area contributed by atoms with E-state index in [1.807, 2.05) is 36.4 Å². The van der Waals surface area contributed by atoms with Crippen molar-refractivity contribution in [3.05, 3.63) is 89.9 Å². The fourth-order valence-corrected chi connectivity index (χ4v) is 3.25. The average Bonchev–Trinajstić information content (AvgIpc) is 2.82. The number of aromatic nitrogens is 2. The molecule has 0 fully saturated rings. The molecule has 0 saturated heterocycles. The second kappa shape index (κ2) is 9.13. The van der Waals surface area contributed by atoms with Crippen LogP contribution in [0.25, 0.3) is 10.8 Å². The number of fused-ring (bicyclic) bond motifs is 1. The average molecular weight is 427 g/mol. The number of ether oxygens (including phenoxy) is 1. The lowest BCUT2D eigenvalue weighted by Gasteiger charge is -2.13. The van der Waals surface area contributed by atoms with Crippen LogP contribution in [0.3, 0.4) is 0 Å². The first kappa shape index (κ1) is 20.8. The molecule has 0 aliphatic heterocycles. The van der Waals surface area contributed by atoms with E-state index in [9.17, 15) is 9.59 Å². The number of rotatable bonds is 7. The van der Waals surface area contributed by atoms with Crippen LogP contribution in [0.2, 0.25) is 0 Å². The van der Waals surface area contributed by atoms with Crippen molar-refractivity contribution in [3.8, 4) is 5.75 Å². The zero-order valence-electron chi connectivity index (χ0n) is 17.3. The molecule has 160 valence electrons. The Morgan fingerprint density at radius 1 is 1.00 bits per heavy atom. The van der Waals surface area contributed by atoms with E-state index in [-0.39, 0.29) is 11.6 Å². The Labute approximate surface area is 184 Å². The van der Waals surface area contributed by atoms with E-state index in [1.165, 1.54) is 6.20 Å². The minimum Gasteiger partial charge on any atom is -0.497 e. The number of para-hydroxylation sites is 1. The Bertz CT molecular complexity index is 1310. The summed E-state index contributed by atoms with van der Waals surface area (Å²) in [6.45, 7) is 0.392. The van der Waals surface area contributed by atoms with Crippen LogP contribution in [0, 0.1) is 0 Å². The minimum absolute atomic E-state index is 0.190. The molecule has 0 spiro atoms. The summed E-state index contributed by atoms with van der Waals surface area (Å²) in [5.41, 5.74) is 7.41. The monoisotopic (exact) mass is 427 g/mol. The predicted octanol–water partition coefficient (Wildman–Crippen LogP) is 3.60. The maximum absolute atomic E-state index is 12.9. The Hall–Kier alpha value is -4.46. The number of benzene rings is 2. The van der Waals surface area contributed by atoms with Crippen molar-refractivity contribution in [2.24, 2.45) is 5.73 Å². The van der Waals surface area contributed by atoms with Crippen LogP contribution >= 0.6 is 0 Å². The van der Waals surface area contributed by atoms with Crippen LogP contribution in [-0.4, -0.2) is 28.9 Å². The molecule has 2 amide bonds. The minimum atomic E-state index is -0.590. The zero-order chi connectivity index (χ0) is 22.5. The molecule has 4 aromatic rings. The molecular weight excluding hydrogens is 406 g/mol. The van der Waals surface area contributed by atoms with Crippen LogP contribution in [0.1, 0.15) is 26.4 Å². The number of nitrogens with zero attached hydrogens (tertiary/aromatic N) is 2. The summed E-state index contributed by atoms with van der Waals surface area (Å²) >= 11 is 0. The highest BCUT2D eigenvalue weighted by molar-refractivity contribution is 6.08. The molecule has 32 heavy (non-hydrogen) atoms. The van der Waals surface area contributed by atoms with E-state index < -0.39 is 5.91 Å². The van der Waals surface area contributed by atoms with Crippen LogP contribution in [0.15, 0.2) is 73.1 Å². The van der Waals surface area contributed by atoms with Gasteiger partial charge in [-0.2, -0.15) is 0 Å². The molecule has 0 aliphatic rings. The van der Waals surface area contributed by atoms with E-state index >= 15 is 0 Å². The van der Waals surface area contributed by atoms with Gasteiger partial charge in [0.25, 0.3) is 11.8 Å². The Morgan fingerprint density at radius 3 is 2.66 bits per heavy atom. The number of carbonyl (C=O) groups excluding carboxylic acids is 2. The highest BCUT2D eigenvalue weighted by Crippen LogP contribution is 2.23. The van der Waals surface area contributed by atoms with Gasteiger partial charge in [-0.15, -0.1) is 0 Å². The molecular formula is C24H21N5O3. The highest BCUT2D eigenvalue weighted by Gasteiger charge is 2.13. The van der Waals surface area contributed by atoms with Crippen LogP contribution < -0.4 is 21.1 Å². The summed E-state index contributed by atoms with van der Waals surface area (Å²) in [7, 11) is 1.61.